The number of fused-ring (bicyclic) bond motifs is 1. The number of piperidine rings is 3. The average Bonchev–Trinajstić information content (AvgIpc) is 3.34. The second-order valence-corrected chi connectivity index (χ2v) is 15.2. The molecule has 0 aliphatic carbocycles. The fourth-order valence-corrected chi connectivity index (χ4v) is 8.44. The molecule has 0 saturated carbocycles. The molecule has 0 unspecified atom stereocenters. The summed E-state index contributed by atoms with van der Waals surface area (Å²) in [5, 5.41) is 13.0. The molecule has 0 spiro atoms. The smallest absolute Gasteiger partial charge is 0.409 e. The van der Waals surface area contributed by atoms with E-state index in [9.17, 15) is 24.3 Å². The topological polar surface area (TPSA) is 132 Å². The van der Waals surface area contributed by atoms with Crippen molar-refractivity contribution in [3.63, 3.8) is 0 Å². The number of amides is 4. The summed E-state index contributed by atoms with van der Waals surface area (Å²) in [6.45, 7) is 11.5. The van der Waals surface area contributed by atoms with Crippen LogP contribution in [-0.2, 0) is 31.9 Å². The van der Waals surface area contributed by atoms with Gasteiger partial charge in [0.15, 0.2) is 0 Å². The molecule has 290 valence electrons. The molecular weight excluding hydrogens is 674 g/mol. The molecule has 2 aromatic carbocycles. The molecule has 3 saturated heterocycles. The normalized spacial score (nSPS) is 19.6. The van der Waals surface area contributed by atoms with E-state index in [2.05, 4.69) is 16.3 Å². The van der Waals surface area contributed by atoms with Crippen LogP contribution in [0.1, 0.15) is 74.1 Å². The largest absolute Gasteiger partial charge is 0.507 e. The fraction of sp³-hybridized carbons (Fsp3) is 0.610. The van der Waals surface area contributed by atoms with E-state index in [1.54, 1.807) is 4.90 Å². The second kappa shape index (κ2) is 18.6. The van der Waals surface area contributed by atoms with Crippen molar-refractivity contribution in [2.75, 3.05) is 65.3 Å². The Bertz CT molecular complexity index is 1550. The van der Waals surface area contributed by atoms with Crippen LogP contribution in [0.3, 0.4) is 0 Å². The number of aryl methyl sites for hydroxylation is 2. The zero-order chi connectivity index (χ0) is 38.1. The minimum Gasteiger partial charge on any atom is -0.507 e. The molecule has 0 radical (unpaired) electrons. The van der Waals surface area contributed by atoms with Crippen LogP contribution < -0.4 is 5.32 Å². The van der Waals surface area contributed by atoms with Crippen molar-refractivity contribution in [1.29, 1.82) is 0 Å². The summed E-state index contributed by atoms with van der Waals surface area (Å²) in [4.78, 5) is 56.7. The van der Waals surface area contributed by atoms with Crippen molar-refractivity contribution in [2.45, 2.75) is 90.6 Å². The van der Waals surface area contributed by atoms with Gasteiger partial charge >= 0.3 is 18.1 Å². The third-order valence-electron chi connectivity index (χ3n) is 11.6. The Morgan fingerprint density at radius 1 is 0.830 bits per heavy atom. The molecule has 2 aromatic rings. The van der Waals surface area contributed by atoms with Crippen LogP contribution in [0.4, 0.5) is 15.3 Å². The van der Waals surface area contributed by atoms with Crippen molar-refractivity contribution < 1.29 is 33.8 Å². The van der Waals surface area contributed by atoms with Gasteiger partial charge in [0, 0.05) is 62.8 Å². The van der Waals surface area contributed by atoms with E-state index in [4.69, 9.17) is 9.47 Å². The minimum absolute atomic E-state index is 0.0403. The summed E-state index contributed by atoms with van der Waals surface area (Å²) < 4.78 is 9.55. The summed E-state index contributed by atoms with van der Waals surface area (Å²) in [5.74, 6) is 0.863. The molecule has 12 heteroatoms. The highest BCUT2D eigenvalue weighted by Crippen LogP contribution is 2.29. The first-order valence-corrected chi connectivity index (χ1v) is 19.3. The van der Waals surface area contributed by atoms with Gasteiger partial charge in [-0.2, -0.15) is 0 Å². The average molecular weight is 734 g/mol. The highest BCUT2D eigenvalue weighted by Gasteiger charge is 2.33. The van der Waals surface area contributed by atoms with Crippen molar-refractivity contribution >= 4 is 29.7 Å². The number of likely N-dealkylation sites (tertiary alicyclic amines) is 3. The van der Waals surface area contributed by atoms with E-state index >= 15 is 0 Å². The molecule has 6 rings (SSSR count). The van der Waals surface area contributed by atoms with Crippen LogP contribution in [0, 0.1) is 25.7 Å². The van der Waals surface area contributed by atoms with E-state index in [0.717, 1.165) is 93.5 Å². The number of nitrogens with one attached hydrogen (secondary N) is 1. The maximum absolute atomic E-state index is 13.0. The van der Waals surface area contributed by atoms with Crippen LogP contribution in [0.25, 0.3) is 0 Å². The van der Waals surface area contributed by atoms with Gasteiger partial charge in [0.25, 0.3) is 0 Å². The Labute approximate surface area is 314 Å². The van der Waals surface area contributed by atoms with E-state index < -0.39 is 0 Å². The number of phenolic OH excluding ortho intramolecular Hbond substituents is 1. The van der Waals surface area contributed by atoms with Gasteiger partial charge in [-0.25, -0.2) is 9.59 Å². The van der Waals surface area contributed by atoms with E-state index in [1.165, 1.54) is 19.8 Å². The van der Waals surface area contributed by atoms with E-state index in [0.29, 0.717) is 50.2 Å². The lowest BCUT2D eigenvalue weighted by Gasteiger charge is -2.42. The van der Waals surface area contributed by atoms with Gasteiger partial charge in [-0.1, -0.05) is 37.3 Å². The van der Waals surface area contributed by atoms with Crippen molar-refractivity contribution in [3.8, 4) is 5.75 Å². The van der Waals surface area contributed by atoms with Gasteiger partial charge in [0.05, 0.1) is 14.2 Å². The molecule has 53 heavy (non-hydrogen) atoms. The molecular formula is C41H59N5O7. The predicted molar refractivity (Wildman–Crippen MR) is 204 cm³/mol. The maximum atomic E-state index is 13.0. The summed E-state index contributed by atoms with van der Waals surface area (Å²) >= 11 is 0. The molecule has 0 bridgehead atoms. The quantitative estimate of drug-likeness (QED) is 0.344. The first-order chi connectivity index (χ1) is 25.5. The molecule has 3 fully saturated rings. The second-order valence-electron chi connectivity index (χ2n) is 15.2. The zero-order valence-electron chi connectivity index (χ0n) is 32.3. The number of phenols is 1. The van der Waals surface area contributed by atoms with Gasteiger partial charge in [-0.15, -0.1) is 0 Å². The number of nitrogens with zero attached hydrogens (tertiary/aromatic N) is 4. The first-order valence-electron chi connectivity index (χ1n) is 19.3. The molecule has 4 aliphatic rings. The lowest BCUT2D eigenvalue weighted by atomic mass is 9.91. The Balaban J connectivity index is 0.000000216. The third kappa shape index (κ3) is 10.4. The first kappa shape index (κ1) is 39.9. The van der Waals surface area contributed by atoms with Gasteiger partial charge in [0.2, 0.25) is 5.91 Å². The number of anilines is 1. The highest BCUT2D eigenvalue weighted by molar-refractivity contribution is 5.91. The summed E-state index contributed by atoms with van der Waals surface area (Å²) in [6.07, 6.45) is 7.54. The number of para-hydroxylation sites is 1. The van der Waals surface area contributed by atoms with Gasteiger partial charge in [-0.05, 0) is 113 Å². The van der Waals surface area contributed by atoms with Gasteiger partial charge in [-0.3, -0.25) is 9.59 Å². The zero-order valence-corrected chi connectivity index (χ0v) is 32.3. The lowest BCUT2D eigenvalue weighted by molar-refractivity contribution is -0.142. The number of ether oxygens (including phenoxy) is 2. The monoisotopic (exact) mass is 733 g/mol. The SMILES string of the molecule is COC(=O)CC1CCN(C2CCN(C(=O)[C@H](C)Cc3cc(C)c(O)c(C)c3)CC2)CC1.COC(=O)N1CCC(N2CCc3ccccc3NC2=O)CC1. The number of carbonyl (C=O) groups excluding carboxylic acids is 4. The number of esters is 1. The Morgan fingerprint density at radius 3 is 2.06 bits per heavy atom. The Kier molecular flexibility index (Phi) is 14.0. The van der Waals surface area contributed by atoms with Crippen LogP contribution in [-0.4, -0.2) is 121 Å². The lowest BCUT2D eigenvalue weighted by Crippen LogP contribution is -2.50. The number of aromatic hydroxyl groups is 1. The number of carbonyl (C=O) groups is 4. The summed E-state index contributed by atoms with van der Waals surface area (Å²) in [5.41, 5.74) is 4.92. The number of urea groups is 1. The minimum atomic E-state index is -0.286. The molecule has 0 aromatic heterocycles. The predicted octanol–water partition coefficient (Wildman–Crippen LogP) is 5.76. The number of rotatable bonds is 7. The fourth-order valence-electron chi connectivity index (χ4n) is 8.44. The van der Waals surface area contributed by atoms with Crippen molar-refractivity contribution in [1.82, 2.24) is 19.6 Å². The van der Waals surface area contributed by atoms with E-state index in [1.807, 2.05) is 60.9 Å². The number of benzene rings is 2. The standard InChI is InChI=1S/C25H38N2O4.C16H21N3O3/c1-17-13-21(14-18(2)24(17)29)15-19(3)25(30)27-11-7-22(8-12-27)26-9-5-20(6-10-26)16-23(28)31-4;1-22-16(21)18-9-7-13(8-10-18)19-11-6-12-4-2-3-5-14(12)17-15(19)20/h13-14,19-20,22,29H,5-12,15-16H2,1-4H3;2-5,13H,6-11H2,1H3,(H,17,20)/t19-;/m1./s1. The van der Waals surface area contributed by atoms with Crippen LogP contribution in [0.5, 0.6) is 5.75 Å². The van der Waals surface area contributed by atoms with Gasteiger partial charge in [0.1, 0.15) is 5.75 Å². The van der Waals surface area contributed by atoms with Crippen molar-refractivity contribution in [2.24, 2.45) is 11.8 Å². The molecule has 4 heterocycles. The number of hydrogen-bond donors (Lipinski definition) is 2. The molecule has 1 atom stereocenters. The van der Waals surface area contributed by atoms with Crippen LogP contribution >= 0.6 is 0 Å². The van der Waals surface area contributed by atoms with Gasteiger partial charge < -0.3 is 39.5 Å². The Hall–Kier alpha value is -4.32. The molecule has 4 aliphatic heterocycles. The van der Waals surface area contributed by atoms with Crippen molar-refractivity contribution in [3.05, 3.63) is 58.7 Å². The third-order valence-corrected chi connectivity index (χ3v) is 11.6. The van der Waals surface area contributed by atoms with Crippen LogP contribution in [0.15, 0.2) is 36.4 Å². The number of methoxy groups -OCH3 is 2. The summed E-state index contributed by atoms with van der Waals surface area (Å²) in [7, 11) is 2.86. The number of hydrogen-bond acceptors (Lipinski definition) is 8. The molecule has 12 nitrogen and oxygen atoms in total. The highest BCUT2D eigenvalue weighted by atomic mass is 16.5. The summed E-state index contributed by atoms with van der Waals surface area (Å²) in [6, 6.07) is 12.6. The Morgan fingerprint density at radius 2 is 1.43 bits per heavy atom. The van der Waals surface area contributed by atoms with E-state index in [-0.39, 0.29) is 36.0 Å². The van der Waals surface area contributed by atoms with Crippen LogP contribution in [0.2, 0.25) is 0 Å². The maximum Gasteiger partial charge on any atom is 0.409 e. The molecule has 4 amide bonds. The molecule has 2 N–H and O–H groups in total.